The summed E-state index contributed by atoms with van der Waals surface area (Å²) in [6, 6.07) is 10.9. The van der Waals surface area contributed by atoms with Crippen LogP contribution in [0.1, 0.15) is 22.5 Å². The maximum atomic E-state index is 11.9. The van der Waals surface area contributed by atoms with Gasteiger partial charge in [0.25, 0.3) is 5.91 Å². The number of halogens is 1. The molecular formula is C18H25IN4O3. The van der Waals surface area contributed by atoms with Gasteiger partial charge in [0, 0.05) is 39.5 Å². The molecule has 0 saturated heterocycles. The third-order valence-electron chi connectivity index (χ3n) is 3.46. The van der Waals surface area contributed by atoms with Crippen molar-refractivity contribution in [2.75, 3.05) is 32.6 Å². The van der Waals surface area contributed by atoms with E-state index in [2.05, 4.69) is 20.9 Å². The highest BCUT2D eigenvalue weighted by atomic mass is 127. The molecule has 0 spiro atoms. The molecule has 8 heteroatoms. The Morgan fingerprint density at radius 3 is 2.58 bits per heavy atom. The Labute approximate surface area is 170 Å². The summed E-state index contributed by atoms with van der Waals surface area (Å²) in [4.78, 5) is 16.1. The van der Waals surface area contributed by atoms with E-state index in [1.165, 1.54) is 6.26 Å². The van der Waals surface area contributed by atoms with Crippen LogP contribution in [-0.2, 0) is 11.3 Å². The number of amides is 1. The smallest absolute Gasteiger partial charge is 0.291 e. The van der Waals surface area contributed by atoms with Crippen LogP contribution in [0.5, 0.6) is 0 Å². The second-order valence-corrected chi connectivity index (χ2v) is 5.33. The van der Waals surface area contributed by atoms with Crippen molar-refractivity contribution >= 4 is 41.5 Å². The lowest BCUT2D eigenvalue weighted by atomic mass is 10.2. The summed E-state index contributed by atoms with van der Waals surface area (Å²) in [5.41, 5.74) is 1.79. The number of anilines is 1. The molecule has 26 heavy (non-hydrogen) atoms. The number of benzene rings is 1. The lowest BCUT2D eigenvalue weighted by Crippen LogP contribution is -2.37. The van der Waals surface area contributed by atoms with Gasteiger partial charge in [0.05, 0.1) is 6.26 Å². The maximum Gasteiger partial charge on any atom is 0.291 e. The van der Waals surface area contributed by atoms with E-state index >= 15 is 0 Å². The summed E-state index contributed by atoms with van der Waals surface area (Å²) in [5, 5.41) is 9.25. The van der Waals surface area contributed by atoms with Crippen molar-refractivity contribution in [2.24, 2.45) is 4.99 Å². The highest BCUT2D eigenvalue weighted by Crippen LogP contribution is 2.11. The summed E-state index contributed by atoms with van der Waals surface area (Å²) in [6.45, 7) is 2.15. The fourth-order valence-electron chi connectivity index (χ4n) is 2.14. The molecule has 0 saturated carbocycles. The zero-order valence-corrected chi connectivity index (χ0v) is 17.3. The lowest BCUT2D eigenvalue weighted by molar-refractivity contribution is 0.0996. The summed E-state index contributed by atoms with van der Waals surface area (Å²) in [7, 11) is 3.42. The van der Waals surface area contributed by atoms with Gasteiger partial charge in [-0.25, -0.2) is 0 Å². The molecule has 2 aromatic rings. The molecule has 1 heterocycles. The number of ether oxygens (including phenoxy) is 1. The van der Waals surface area contributed by atoms with Gasteiger partial charge in [-0.15, -0.1) is 24.0 Å². The summed E-state index contributed by atoms with van der Waals surface area (Å²) in [5.74, 6) is 0.761. The first-order valence-corrected chi connectivity index (χ1v) is 8.10. The van der Waals surface area contributed by atoms with Crippen molar-refractivity contribution in [1.82, 2.24) is 10.6 Å². The monoisotopic (exact) mass is 472 g/mol. The van der Waals surface area contributed by atoms with Crippen molar-refractivity contribution < 1.29 is 13.9 Å². The normalized spacial score (nSPS) is 10.8. The lowest BCUT2D eigenvalue weighted by Gasteiger charge is -2.12. The van der Waals surface area contributed by atoms with Crippen molar-refractivity contribution in [3.05, 3.63) is 54.0 Å². The average molecular weight is 472 g/mol. The van der Waals surface area contributed by atoms with E-state index in [1.54, 1.807) is 26.3 Å². The second kappa shape index (κ2) is 12.3. The maximum absolute atomic E-state index is 11.9. The number of carbonyl (C=O) groups is 1. The molecule has 2 rings (SSSR count). The molecule has 142 valence electrons. The summed E-state index contributed by atoms with van der Waals surface area (Å²) in [6.07, 6.45) is 2.39. The van der Waals surface area contributed by atoms with Gasteiger partial charge in [0.1, 0.15) is 0 Å². The minimum absolute atomic E-state index is 0. The Hall–Kier alpha value is -2.07. The SMILES string of the molecule is CN=C(NCCCOC)NCc1ccc(NC(=O)c2ccco2)cc1.I. The number of aliphatic imine (C=N–C) groups is 1. The van der Waals surface area contributed by atoms with Crippen LogP contribution in [-0.4, -0.2) is 39.2 Å². The number of carbonyl (C=O) groups excluding carboxylic acids is 1. The van der Waals surface area contributed by atoms with Gasteiger partial charge in [-0.1, -0.05) is 12.1 Å². The van der Waals surface area contributed by atoms with Crippen LogP contribution in [0, 0.1) is 0 Å². The Kier molecular flexibility index (Phi) is 10.4. The van der Waals surface area contributed by atoms with Crippen LogP contribution in [0.3, 0.4) is 0 Å². The fraction of sp³-hybridized carbons (Fsp3) is 0.333. The molecule has 3 N–H and O–H groups in total. The number of guanidine groups is 1. The molecule has 1 aromatic carbocycles. The number of methoxy groups -OCH3 is 1. The van der Waals surface area contributed by atoms with Gasteiger partial charge in [-0.05, 0) is 36.2 Å². The number of hydrogen-bond donors (Lipinski definition) is 3. The zero-order valence-electron chi connectivity index (χ0n) is 15.0. The van der Waals surface area contributed by atoms with Crippen molar-refractivity contribution in [3.8, 4) is 0 Å². The molecule has 0 bridgehead atoms. The van der Waals surface area contributed by atoms with E-state index in [0.29, 0.717) is 12.2 Å². The van der Waals surface area contributed by atoms with E-state index in [1.807, 2.05) is 24.3 Å². The molecule has 1 aromatic heterocycles. The molecule has 7 nitrogen and oxygen atoms in total. The largest absolute Gasteiger partial charge is 0.459 e. The van der Waals surface area contributed by atoms with E-state index in [9.17, 15) is 4.79 Å². The molecule has 0 aliphatic rings. The van der Waals surface area contributed by atoms with Crippen LogP contribution < -0.4 is 16.0 Å². The molecule has 1 amide bonds. The standard InChI is InChI=1S/C18H24N4O3.HI/c1-19-18(20-10-4-11-24-2)21-13-14-6-8-15(9-7-14)22-17(23)16-5-3-12-25-16;/h3,5-9,12H,4,10-11,13H2,1-2H3,(H,22,23)(H2,19,20,21);1H. The Morgan fingerprint density at radius 1 is 1.19 bits per heavy atom. The molecule has 0 aliphatic heterocycles. The average Bonchev–Trinajstić information content (AvgIpc) is 3.17. The van der Waals surface area contributed by atoms with Gasteiger partial charge in [0.2, 0.25) is 0 Å². The van der Waals surface area contributed by atoms with Crippen molar-refractivity contribution in [3.63, 3.8) is 0 Å². The third kappa shape index (κ3) is 7.44. The molecule has 0 atom stereocenters. The van der Waals surface area contributed by atoms with E-state index in [0.717, 1.165) is 31.1 Å². The number of nitrogens with one attached hydrogen (secondary N) is 3. The Balaban J connectivity index is 0.00000338. The first-order chi connectivity index (χ1) is 12.2. The van der Waals surface area contributed by atoms with E-state index < -0.39 is 0 Å². The van der Waals surface area contributed by atoms with Crippen LogP contribution in [0.25, 0.3) is 0 Å². The van der Waals surface area contributed by atoms with Crippen LogP contribution in [0.2, 0.25) is 0 Å². The first kappa shape index (κ1) is 22.0. The predicted octanol–water partition coefficient (Wildman–Crippen LogP) is 2.85. The molecule has 0 fully saturated rings. The Bertz CT molecular complexity index is 672. The van der Waals surface area contributed by atoms with Gasteiger partial charge in [0.15, 0.2) is 11.7 Å². The van der Waals surface area contributed by atoms with Gasteiger partial charge in [-0.2, -0.15) is 0 Å². The molecule has 0 unspecified atom stereocenters. The molecule has 0 aliphatic carbocycles. The minimum Gasteiger partial charge on any atom is -0.459 e. The van der Waals surface area contributed by atoms with Crippen LogP contribution >= 0.6 is 24.0 Å². The second-order valence-electron chi connectivity index (χ2n) is 5.33. The van der Waals surface area contributed by atoms with Crippen LogP contribution in [0.4, 0.5) is 5.69 Å². The molecular weight excluding hydrogens is 447 g/mol. The van der Waals surface area contributed by atoms with Crippen molar-refractivity contribution in [2.45, 2.75) is 13.0 Å². The van der Waals surface area contributed by atoms with Crippen LogP contribution in [0.15, 0.2) is 52.1 Å². The number of nitrogens with zero attached hydrogens (tertiary/aromatic N) is 1. The topological polar surface area (TPSA) is 87.9 Å². The summed E-state index contributed by atoms with van der Waals surface area (Å²) < 4.78 is 10.1. The molecule has 0 radical (unpaired) electrons. The summed E-state index contributed by atoms with van der Waals surface area (Å²) >= 11 is 0. The number of hydrogen-bond acceptors (Lipinski definition) is 4. The number of furan rings is 1. The van der Waals surface area contributed by atoms with E-state index in [-0.39, 0.29) is 35.6 Å². The fourth-order valence-corrected chi connectivity index (χ4v) is 2.14. The van der Waals surface area contributed by atoms with E-state index in [4.69, 9.17) is 9.15 Å². The minimum atomic E-state index is -0.267. The highest BCUT2D eigenvalue weighted by Gasteiger charge is 2.08. The Morgan fingerprint density at radius 2 is 1.96 bits per heavy atom. The van der Waals surface area contributed by atoms with Crippen molar-refractivity contribution in [1.29, 1.82) is 0 Å². The zero-order chi connectivity index (χ0) is 17.9. The quantitative estimate of drug-likeness (QED) is 0.238. The first-order valence-electron chi connectivity index (χ1n) is 8.10. The predicted molar refractivity (Wildman–Crippen MR) is 113 cm³/mol. The van der Waals surface area contributed by atoms with Gasteiger partial charge >= 0.3 is 0 Å². The van der Waals surface area contributed by atoms with Gasteiger partial charge < -0.3 is 25.1 Å². The number of rotatable bonds is 8. The third-order valence-corrected chi connectivity index (χ3v) is 3.46. The van der Waals surface area contributed by atoms with Gasteiger partial charge in [-0.3, -0.25) is 9.79 Å². The highest BCUT2D eigenvalue weighted by molar-refractivity contribution is 14.0.